The van der Waals surface area contributed by atoms with Gasteiger partial charge in [-0.25, -0.2) is 0 Å². The van der Waals surface area contributed by atoms with Crippen LogP contribution in [0.5, 0.6) is 0 Å². The van der Waals surface area contributed by atoms with Gasteiger partial charge in [0.15, 0.2) is 0 Å². The Bertz CT molecular complexity index is 1100. The van der Waals surface area contributed by atoms with Crippen LogP contribution < -0.4 is 21.5 Å². The van der Waals surface area contributed by atoms with Crippen LogP contribution in [0.15, 0.2) is 109 Å². The molecule has 30 heavy (non-hydrogen) atoms. The Morgan fingerprint density at radius 3 is 1.60 bits per heavy atom. The second-order valence-electron chi connectivity index (χ2n) is 6.72. The molecule has 0 atom stereocenters. The van der Waals surface area contributed by atoms with Crippen LogP contribution in [0.1, 0.15) is 10.4 Å². The quantitative estimate of drug-likeness (QED) is 0.293. The minimum absolute atomic E-state index is 0.195. The molecular weight excluding hydrogens is 372 g/mol. The lowest BCUT2D eigenvalue weighted by molar-refractivity contribution is 0.0962. The molecular formula is C25H22N4O. The third kappa shape index (κ3) is 5.17. The molecule has 4 aromatic carbocycles. The fraction of sp³-hybridized carbons (Fsp3) is 0. The summed E-state index contributed by atoms with van der Waals surface area (Å²) in [6, 6.07) is 34.9. The third-order valence-electron chi connectivity index (χ3n) is 4.45. The summed E-state index contributed by atoms with van der Waals surface area (Å²) in [7, 11) is 0. The van der Waals surface area contributed by atoms with Gasteiger partial charge in [0.1, 0.15) is 0 Å². The van der Waals surface area contributed by atoms with Crippen molar-refractivity contribution in [1.82, 2.24) is 5.43 Å². The van der Waals surface area contributed by atoms with Crippen molar-refractivity contribution in [2.45, 2.75) is 0 Å². The van der Waals surface area contributed by atoms with Gasteiger partial charge in [-0.2, -0.15) is 0 Å². The lowest BCUT2D eigenvalue weighted by atomic mass is 10.2. The Labute approximate surface area is 175 Å². The summed E-state index contributed by atoms with van der Waals surface area (Å²) in [5, 5.41) is 6.75. The van der Waals surface area contributed by atoms with E-state index in [9.17, 15) is 4.79 Å². The zero-order chi connectivity index (χ0) is 20.6. The number of amides is 1. The standard InChI is InChI=1S/C25H22N4O/c30-25(29-28-22-10-5-2-6-11-22)19-14-16-21(17-15-19)27-24-13-7-12-23(18-24)26-20-8-3-1-4-9-20/h1-18,26-28H,(H,29,30). The van der Waals surface area contributed by atoms with Gasteiger partial charge in [-0.3, -0.25) is 15.6 Å². The van der Waals surface area contributed by atoms with Crippen molar-refractivity contribution in [2.75, 3.05) is 16.1 Å². The maximum atomic E-state index is 12.3. The summed E-state index contributed by atoms with van der Waals surface area (Å²) < 4.78 is 0. The van der Waals surface area contributed by atoms with Crippen LogP contribution in [-0.2, 0) is 0 Å². The lowest BCUT2D eigenvalue weighted by Crippen LogP contribution is -2.29. The largest absolute Gasteiger partial charge is 0.355 e. The Morgan fingerprint density at radius 1 is 0.500 bits per heavy atom. The monoisotopic (exact) mass is 394 g/mol. The topological polar surface area (TPSA) is 65.2 Å². The fourth-order valence-corrected chi connectivity index (χ4v) is 2.96. The number of hydrazine groups is 1. The summed E-state index contributed by atoms with van der Waals surface area (Å²) in [5.74, 6) is -0.195. The average Bonchev–Trinajstić information content (AvgIpc) is 2.80. The molecule has 0 aliphatic heterocycles. The van der Waals surface area contributed by atoms with Crippen LogP contribution in [0.2, 0.25) is 0 Å². The molecule has 0 heterocycles. The fourth-order valence-electron chi connectivity index (χ4n) is 2.96. The third-order valence-corrected chi connectivity index (χ3v) is 4.45. The van der Waals surface area contributed by atoms with Crippen LogP contribution in [-0.4, -0.2) is 5.91 Å². The smallest absolute Gasteiger partial charge is 0.269 e. The van der Waals surface area contributed by atoms with E-state index in [1.54, 1.807) is 12.1 Å². The number of rotatable bonds is 7. The molecule has 0 saturated heterocycles. The molecule has 0 aliphatic rings. The highest BCUT2D eigenvalue weighted by Gasteiger charge is 2.05. The first-order valence-electron chi connectivity index (χ1n) is 9.67. The molecule has 0 spiro atoms. The zero-order valence-electron chi connectivity index (χ0n) is 16.3. The van der Waals surface area contributed by atoms with Gasteiger partial charge in [-0.15, -0.1) is 0 Å². The highest BCUT2D eigenvalue weighted by atomic mass is 16.2. The predicted octanol–water partition coefficient (Wildman–Crippen LogP) is 5.93. The van der Waals surface area contributed by atoms with E-state index in [2.05, 4.69) is 21.5 Å². The molecule has 4 N–H and O–H groups in total. The number of carbonyl (C=O) groups is 1. The summed E-state index contributed by atoms with van der Waals surface area (Å²) in [4.78, 5) is 12.3. The number of para-hydroxylation sites is 2. The van der Waals surface area contributed by atoms with Gasteiger partial charge < -0.3 is 10.6 Å². The molecule has 0 bridgehead atoms. The van der Waals surface area contributed by atoms with E-state index >= 15 is 0 Å². The maximum absolute atomic E-state index is 12.3. The average molecular weight is 394 g/mol. The molecule has 4 rings (SSSR count). The molecule has 1 amide bonds. The van der Waals surface area contributed by atoms with Crippen LogP contribution in [0.4, 0.5) is 28.4 Å². The molecule has 0 saturated carbocycles. The molecule has 0 unspecified atom stereocenters. The lowest BCUT2D eigenvalue weighted by Gasteiger charge is -2.11. The van der Waals surface area contributed by atoms with E-state index in [1.807, 2.05) is 97.1 Å². The molecule has 0 radical (unpaired) electrons. The van der Waals surface area contributed by atoms with Crippen molar-refractivity contribution in [3.05, 3.63) is 115 Å². The van der Waals surface area contributed by atoms with Crippen molar-refractivity contribution < 1.29 is 4.79 Å². The second-order valence-corrected chi connectivity index (χ2v) is 6.72. The van der Waals surface area contributed by atoms with Gasteiger partial charge in [0.2, 0.25) is 0 Å². The van der Waals surface area contributed by atoms with Crippen LogP contribution in [0, 0.1) is 0 Å². The molecule has 0 aromatic heterocycles. The normalized spacial score (nSPS) is 10.1. The Hall–Kier alpha value is -4.25. The second kappa shape index (κ2) is 9.30. The van der Waals surface area contributed by atoms with Gasteiger partial charge in [0.05, 0.1) is 5.69 Å². The molecule has 0 fully saturated rings. The first-order valence-corrected chi connectivity index (χ1v) is 9.67. The van der Waals surface area contributed by atoms with Crippen molar-refractivity contribution in [3.63, 3.8) is 0 Å². The molecule has 5 heteroatoms. The van der Waals surface area contributed by atoms with E-state index in [1.165, 1.54) is 0 Å². The molecule has 5 nitrogen and oxygen atoms in total. The summed E-state index contributed by atoms with van der Waals surface area (Å²) in [6.07, 6.45) is 0. The number of hydrogen-bond donors (Lipinski definition) is 4. The van der Waals surface area contributed by atoms with E-state index in [0.29, 0.717) is 5.56 Å². The van der Waals surface area contributed by atoms with Gasteiger partial charge in [0.25, 0.3) is 5.91 Å². The molecule has 4 aromatic rings. The van der Waals surface area contributed by atoms with Crippen LogP contribution in [0.25, 0.3) is 0 Å². The highest BCUT2D eigenvalue weighted by molar-refractivity contribution is 5.95. The van der Waals surface area contributed by atoms with Gasteiger partial charge in [-0.1, -0.05) is 42.5 Å². The minimum Gasteiger partial charge on any atom is -0.355 e. The van der Waals surface area contributed by atoms with Gasteiger partial charge in [0, 0.05) is 28.3 Å². The summed E-state index contributed by atoms with van der Waals surface area (Å²) >= 11 is 0. The number of hydrogen-bond acceptors (Lipinski definition) is 4. The van der Waals surface area contributed by atoms with E-state index < -0.39 is 0 Å². The van der Waals surface area contributed by atoms with Crippen LogP contribution >= 0.6 is 0 Å². The number of anilines is 5. The summed E-state index contributed by atoms with van der Waals surface area (Å²) in [5.41, 5.74) is 10.9. The Balaban J connectivity index is 1.36. The SMILES string of the molecule is O=C(NNc1ccccc1)c1ccc(Nc2cccc(Nc3ccccc3)c2)cc1. The maximum Gasteiger partial charge on any atom is 0.269 e. The minimum atomic E-state index is -0.195. The van der Waals surface area contributed by atoms with Crippen molar-refractivity contribution in [3.8, 4) is 0 Å². The summed E-state index contributed by atoms with van der Waals surface area (Å²) in [6.45, 7) is 0. The first kappa shape index (κ1) is 19.1. The zero-order valence-corrected chi connectivity index (χ0v) is 16.3. The number of carbonyl (C=O) groups excluding carboxylic acids is 1. The van der Waals surface area contributed by atoms with E-state index in [4.69, 9.17) is 0 Å². The Morgan fingerprint density at radius 2 is 1.00 bits per heavy atom. The van der Waals surface area contributed by atoms with Gasteiger partial charge in [-0.05, 0) is 66.7 Å². The van der Waals surface area contributed by atoms with Gasteiger partial charge >= 0.3 is 0 Å². The molecule has 0 aliphatic carbocycles. The number of benzene rings is 4. The van der Waals surface area contributed by atoms with Crippen molar-refractivity contribution >= 4 is 34.3 Å². The van der Waals surface area contributed by atoms with E-state index in [0.717, 1.165) is 28.4 Å². The van der Waals surface area contributed by atoms with Crippen molar-refractivity contribution in [2.24, 2.45) is 0 Å². The molecule has 148 valence electrons. The predicted molar refractivity (Wildman–Crippen MR) is 123 cm³/mol. The Kier molecular flexibility index (Phi) is 5.91. The van der Waals surface area contributed by atoms with Crippen molar-refractivity contribution in [1.29, 1.82) is 0 Å². The first-order chi connectivity index (χ1) is 14.8. The van der Waals surface area contributed by atoms with E-state index in [-0.39, 0.29) is 5.91 Å². The number of nitrogens with one attached hydrogen (secondary N) is 4. The highest BCUT2D eigenvalue weighted by Crippen LogP contribution is 2.23. The van der Waals surface area contributed by atoms with Crippen LogP contribution in [0.3, 0.4) is 0 Å².